The predicted molar refractivity (Wildman–Crippen MR) is 110 cm³/mol. The molecule has 0 spiro atoms. The summed E-state index contributed by atoms with van der Waals surface area (Å²) in [5.41, 5.74) is 5.37. The maximum atomic E-state index is 12.5. The van der Waals surface area contributed by atoms with Gasteiger partial charge in [0, 0.05) is 30.9 Å². The third-order valence-corrected chi connectivity index (χ3v) is 5.09. The van der Waals surface area contributed by atoms with Crippen molar-refractivity contribution in [3.63, 3.8) is 0 Å². The number of hydrogen-bond acceptors (Lipinski definition) is 5. The number of nitrogens with one attached hydrogen (secondary N) is 2. The van der Waals surface area contributed by atoms with Crippen LogP contribution in [0.5, 0.6) is 5.75 Å². The molecule has 150 valence electrons. The molecule has 4 rings (SSSR count). The zero-order valence-electron chi connectivity index (χ0n) is 16.6. The third kappa shape index (κ3) is 4.46. The summed E-state index contributed by atoms with van der Waals surface area (Å²) in [7, 11) is 0. The van der Waals surface area contributed by atoms with Crippen molar-refractivity contribution in [1.82, 2.24) is 15.2 Å². The van der Waals surface area contributed by atoms with Crippen molar-refractivity contribution in [2.45, 2.75) is 32.6 Å². The summed E-state index contributed by atoms with van der Waals surface area (Å²) in [5, 5.41) is 9.76. The molecule has 1 amide bonds. The molecule has 3 heterocycles. The van der Waals surface area contributed by atoms with E-state index >= 15 is 0 Å². The first kappa shape index (κ1) is 19.1. The van der Waals surface area contributed by atoms with Crippen LogP contribution >= 0.6 is 0 Å². The second-order valence-corrected chi connectivity index (χ2v) is 7.29. The van der Waals surface area contributed by atoms with Gasteiger partial charge in [-0.15, -0.1) is 0 Å². The van der Waals surface area contributed by atoms with Gasteiger partial charge in [0.05, 0.1) is 23.3 Å². The fraction of sp³-hybridized carbons (Fsp3) is 0.318. The van der Waals surface area contributed by atoms with E-state index in [-0.39, 0.29) is 5.92 Å². The summed E-state index contributed by atoms with van der Waals surface area (Å²) >= 11 is 0. The topological polar surface area (TPSA) is 89.1 Å². The number of aromatic nitrogens is 3. The Labute approximate surface area is 169 Å². The Morgan fingerprint density at radius 3 is 2.66 bits per heavy atom. The summed E-state index contributed by atoms with van der Waals surface area (Å²) < 4.78 is 10.9. The van der Waals surface area contributed by atoms with Gasteiger partial charge in [-0.1, -0.05) is 17.7 Å². The molecule has 0 bridgehead atoms. The SMILES string of the molecule is Cc1ccc(OC(=O)Nc2cc(C)c(-c3cn[nH]c3)nc2C2CCOCC2)cc1. The van der Waals surface area contributed by atoms with Crippen LogP contribution in [0.15, 0.2) is 42.7 Å². The van der Waals surface area contributed by atoms with Gasteiger partial charge in [-0.2, -0.15) is 5.10 Å². The number of benzene rings is 1. The lowest BCUT2D eigenvalue weighted by molar-refractivity contribution is 0.0846. The predicted octanol–water partition coefficient (Wildman–Crippen LogP) is 4.59. The first-order valence-electron chi connectivity index (χ1n) is 9.74. The van der Waals surface area contributed by atoms with Crippen LogP contribution in [0.4, 0.5) is 10.5 Å². The minimum atomic E-state index is -0.528. The molecular formula is C22H24N4O3. The fourth-order valence-corrected chi connectivity index (χ4v) is 3.53. The van der Waals surface area contributed by atoms with Gasteiger partial charge in [-0.25, -0.2) is 9.78 Å². The fourth-order valence-electron chi connectivity index (χ4n) is 3.53. The van der Waals surface area contributed by atoms with E-state index in [2.05, 4.69) is 15.5 Å². The van der Waals surface area contributed by atoms with Crippen LogP contribution in [0.3, 0.4) is 0 Å². The molecule has 2 N–H and O–H groups in total. The zero-order chi connectivity index (χ0) is 20.2. The van der Waals surface area contributed by atoms with Gasteiger partial charge in [-0.05, 0) is 50.5 Å². The largest absolute Gasteiger partial charge is 0.417 e. The lowest BCUT2D eigenvalue weighted by Crippen LogP contribution is -2.21. The highest BCUT2D eigenvalue weighted by Crippen LogP contribution is 2.34. The van der Waals surface area contributed by atoms with Crippen molar-refractivity contribution < 1.29 is 14.3 Å². The van der Waals surface area contributed by atoms with Crippen LogP contribution < -0.4 is 10.1 Å². The quantitative estimate of drug-likeness (QED) is 0.678. The van der Waals surface area contributed by atoms with E-state index in [1.807, 2.05) is 38.2 Å². The minimum absolute atomic E-state index is 0.213. The standard InChI is InChI=1S/C22H24N4O3/c1-14-3-5-18(6-4-14)29-22(27)25-19-11-15(2)20(17-12-23-24-13-17)26-21(19)16-7-9-28-10-8-16/h3-6,11-13,16H,7-10H2,1-2H3,(H,23,24)(H,25,27). The van der Waals surface area contributed by atoms with E-state index in [1.54, 1.807) is 18.3 Å². The normalized spacial score (nSPS) is 14.6. The van der Waals surface area contributed by atoms with Crippen molar-refractivity contribution >= 4 is 11.8 Å². The van der Waals surface area contributed by atoms with Gasteiger partial charge in [0.15, 0.2) is 0 Å². The molecule has 0 aliphatic carbocycles. The number of pyridine rings is 1. The maximum Gasteiger partial charge on any atom is 0.417 e. The van der Waals surface area contributed by atoms with Crippen LogP contribution in [0.25, 0.3) is 11.3 Å². The van der Waals surface area contributed by atoms with E-state index < -0.39 is 6.09 Å². The molecule has 29 heavy (non-hydrogen) atoms. The lowest BCUT2D eigenvalue weighted by Gasteiger charge is -2.25. The third-order valence-electron chi connectivity index (χ3n) is 5.09. The molecule has 7 heteroatoms. The second kappa shape index (κ2) is 8.45. The number of aromatic amines is 1. The van der Waals surface area contributed by atoms with Crippen molar-refractivity contribution in [1.29, 1.82) is 0 Å². The van der Waals surface area contributed by atoms with Crippen molar-refractivity contribution in [2.75, 3.05) is 18.5 Å². The Balaban J connectivity index is 1.62. The smallest absolute Gasteiger partial charge is 0.410 e. The van der Waals surface area contributed by atoms with Gasteiger partial charge in [0.2, 0.25) is 0 Å². The molecule has 2 aromatic heterocycles. The molecule has 0 atom stereocenters. The highest BCUT2D eigenvalue weighted by molar-refractivity contribution is 5.87. The van der Waals surface area contributed by atoms with Gasteiger partial charge in [0.25, 0.3) is 0 Å². The lowest BCUT2D eigenvalue weighted by atomic mass is 9.93. The Morgan fingerprint density at radius 1 is 1.21 bits per heavy atom. The van der Waals surface area contributed by atoms with Crippen LogP contribution in [-0.4, -0.2) is 34.5 Å². The molecule has 1 fully saturated rings. The molecule has 0 radical (unpaired) electrons. The number of rotatable bonds is 4. The summed E-state index contributed by atoms with van der Waals surface area (Å²) in [6, 6.07) is 9.32. The van der Waals surface area contributed by atoms with E-state index in [1.165, 1.54) is 0 Å². The highest BCUT2D eigenvalue weighted by atomic mass is 16.6. The van der Waals surface area contributed by atoms with Gasteiger partial charge in [-0.3, -0.25) is 10.4 Å². The average Bonchev–Trinajstić information content (AvgIpc) is 3.25. The van der Waals surface area contributed by atoms with Crippen LogP contribution in [0.2, 0.25) is 0 Å². The van der Waals surface area contributed by atoms with E-state index in [0.29, 0.717) is 24.7 Å². The number of H-pyrrole nitrogens is 1. The van der Waals surface area contributed by atoms with Crippen molar-refractivity contribution in [3.05, 3.63) is 59.5 Å². The van der Waals surface area contributed by atoms with Crippen molar-refractivity contribution in [2.24, 2.45) is 0 Å². The Bertz CT molecular complexity index is 978. The minimum Gasteiger partial charge on any atom is -0.410 e. The molecule has 3 aromatic rings. The van der Waals surface area contributed by atoms with E-state index in [0.717, 1.165) is 40.9 Å². The maximum absolute atomic E-state index is 12.5. The summed E-state index contributed by atoms with van der Waals surface area (Å²) in [4.78, 5) is 17.5. The number of nitrogens with zero attached hydrogens (tertiary/aromatic N) is 2. The number of aryl methyl sites for hydroxylation is 2. The number of amides is 1. The first-order valence-corrected chi connectivity index (χ1v) is 9.74. The number of ether oxygens (including phenoxy) is 2. The molecule has 1 aliphatic heterocycles. The summed E-state index contributed by atoms with van der Waals surface area (Å²) in [5.74, 6) is 0.713. The Hall–Kier alpha value is -3.19. The summed E-state index contributed by atoms with van der Waals surface area (Å²) in [6.45, 7) is 5.34. The van der Waals surface area contributed by atoms with Crippen LogP contribution in [0.1, 0.15) is 35.6 Å². The highest BCUT2D eigenvalue weighted by Gasteiger charge is 2.24. The number of anilines is 1. The Morgan fingerprint density at radius 2 is 1.97 bits per heavy atom. The zero-order valence-corrected chi connectivity index (χ0v) is 16.6. The second-order valence-electron chi connectivity index (χ2n) is 7.29. The molecular weight excluding hydrogens is 368 g/mol. The van der Waals surface area contributed by atoms with Gasteiger partial charge >= 0.3 is 6.09 Å². The Kier molecular flexibility index (Phi) is 5.57. The van der Waals surface area contributed by atoms with E-state index in [9.17, 15) is 4.79 Å². The average molecular weight is 392 g/mol. The van der Waals surface area contributed by atoms with Gasteiger partial charge < -0.3 is 9.47 Å². The molecule has 1 saturated heterocycles. The van der Waals surface area contributed by atoms with Crippen molar-refractivity contribution in [3.8, 4) is 17.0 Å². The van der Waals surface area contributed by atoms with Gasteiger partial charge in [0.1, 0.15) is 5.75 Å². The summed E-state index contributed by atoms with van der Waals surface area (Å²) in [6.07, 6.45) is 4.77. The molecule has 0 unspecified atom stereocenters. The first-order chi connectivity index (χ1) is 14.1. The van der Waals surface area contributed by atoms with Crippen LogP contribution in [-0.2, 0) is 4.74 Å². The van der Waals surface area contributed by atoms with E-state index in [4.69, 9.17) is 14.5 Å². The molecule has 7 nitrogen and oxygen atoms in total. The van der Waals surface area contributed by atoms with Crippen LogP contribution in [0, 0.1) is 13.8 Å². The molecule has 1 aliphatic rings. The molecule has 1 aromatic carbocycles. The molecule has 0 saturated carbocycles. The number of carbonyl (C=O) groups is 1. The number of carbonyl (C=O) groups excluding carboxylic acids is 1. The number of hydrogen-bond donors (Lipinski definition) is 2. The monoisotopic (exact) mass is 392 g/mol.